The molecular formula is C22H25ClN2O6S. The molecule has 1 atom stereocenters. The lowest BCUT2D eigenvalue weighted by atomic mass is 10.1. The van der Waals surface area contributed by atoms with Crippen LogP contribution in [0.15, 0.2) is 53.4 Å². The van der Waals surface area contributed by atoms with Crippen LogP contribution in [-0.2, 0) is 24.3 Å². The standard InChI is InChI=1S/C22H25ClN2O6S/c1-14(2)12-21(27)24-18-8-4-16(5-9-18)20(26)13-31-22(28)15(3)25-32(29,30)19-10-6-17(23)7-11-19/h4-11,14-15,25H,12-13H2,1-3H3,(H,24,27). The van der Waals surface area contributed by atoms with Crippen LogP contribution in [0.5, 0.6) is 0 Å². The summed E-state index contributed by atoms with van der Waals surface area (Å²) in [5.74, 6) is -1.26. The number of Topliss-reactive ketones (excluding diaryl/α,β-unsaturated/α-hetero) is 1. The molecule has 0 aromatic heterocycles. The second-order valence-electron chi connectivity index (χ2n) is 7.55. The predicted octanol–water partition coefficient (Wildman–Crippen LogP) is 3.42. The van der Waals surface area contributed by atoms with Crippen LogP contribution in [0.3, 0.4) is 0 Å². The third-order valence-corrected chi connectivity index (χ3v) is 6.05. The lowest BCUT2D eigenvalue weighted by Gasteiger charge is -2.14. The monoisotopic (exact) mass is 480 g/mol. The molecule has 0 bridgehead atoms. The Morgan fingerprint density at radius 1 is 0.969 bits per heavy atom. The summed E-state index contributed by atoms with van der Waals surface area (Å²) < 4.78 is 31.8. The van der Waals surface area contributed by atoms with Crippen LogP contribution in [0, 0.1) is 5.92 Å². The molecule has 0 saturated heterocycles. The highest BCUT2D eigenvalue weighted by molar-refractivity contribution is 7.89. The maximum absolute atomic E-state index is 12.3. The molecule has 0 radical (unpaired) electrons. The van der Waals surface area contributed by atoms with Gasteiger partial charge in [0, 0.05) is 22.7 Å². The Bertz CT molecular complexity index is 1070. The maximum atomic E-state index is 12.3. The summed E-state index contributed by atoms with van der Waals surface area (Å²) in [5, 5.41) is 3.11. The number of esters is 1. The summed E-state index contributed by atoms with van der Waals surface area (Å²) in [6.45, 7) is 4.64. The van der Waals surface area contributed by atoms with Crippen molar-refractivity contribution in [3.8, 4) is 0 Å². The summed E-state index contributed by atoms with van der Waals surface area (Å²) in [4.78, 5) is 36.1. The molecule has 1 unspecified atom stereocenters. The number of ether oxygens (including phenoxy) is 1. The minimum Gasteiger partial charge on any atom is -0.456 e. The van der Waals surface area contributed by atoms with Crippen LogP contribution in [0.1, 0.15) is 37.6 Å². The number of nitrogens with one attached hydrogen (secondary N) is 2. The van der Waals surface area contributed by atoms with Gasteiger partial charge in [-0.1, -0.05) is 25.4 Å². The topological polar surface area (TPSA) is 119 Å². The lowest BCUT2D eigenvalue weighted by molar-refractivity contribution is -0.144. The molecule has 0 saturated carbocycles. The van der Waals surface area contributed by atoms with Crippen LogP contribution in [0.25, 0.3) is 0 Å². The van der Waals surface area contributed by atoms with Crippen LogP contribution in [-0.4, -0.2) is 38.7 Å². The Morgan fingerprint density at radius 3 is 2.12 bits per heavy atom. The Balaban J connectivity index is 1.88. The van der Waals surface area contributed by atoms with E-state index in [1.807, 2.05) is 13.8 Å². The highest BCUT2D eigenvalue weighted by Gasteiger charge is 2.24. The zero-order chi connectivity index (χ0) is 23.9. The van der Waals surface area contributed by atoms with Gasteiger partial charge in [-0.25, -0.2) is 8.42 Å². The zero-order valence-electron chi connectivity index (χ0n) is 17.9. The van der Waals surface area contributed by atoms with Crippen molar-refractivity contribution >= 4 is 45.0 Å². The summed E-state index contributed by atoms with van der Waals surface area (Å²) in [6, 6.07) is 10.4. The van der Waals surface area contributed by atoms with Gasteiger partial charge < -0.3 is 10.1 Å². The summed E-state index contributed by atoms with van der Waals surface area (Å²) in [5.41, 5.74) is 0.837. The van der Waals surface area contributed by atoms with Crippen LogP contribution in [0.2, 0.25) is 5.02 Å². The SMILES string of the molecule is CC(C)CC(=O)Nc1ccc(C(=O)COC(=O)C(C)NS(=O)(=O)c2ccc(Cl)cc2)cc1. The van der Waals surface area contributed by atoms with Crippen molar-refractivity contribution < 1.29 is 27.5 Å². The molecule has 2 N–H and O–H groups in total. The van der Waals surface area contributed by atoms with Crippen molar-refractivity contribution in [2.24, 2.45) is 5.92 Å². The Hall–Kier alpha value is -2.75. The van der Waals surface area contributed by atoms with E-state index in [9.17, 15) is 22.8 Å². The van der Waals surface area contributed by atoms with Gasteiger partial charge in [0.1, 0.15) is 6.04 Å². The van der Waals surface area contributed by atoms with Gasteiger partial charge in [-0.2, -0.15) is 4.72 Å². The highest BCUT2D eigenvalue weighted by atomic mass is 35.5. The fourth-order valence-electron chi connectivity index (χ4n) is 2.63. The Morgan fingerprint density at radius 2 is 1.56 bits per heavy atom. The van der Waals surface area contributed by atoms with E-state index < -0.39 is 34.4 Å². The molecule has 172 valence electrons. The quantitative estimate of drug-likeness (QED) is 0.397. The average molecular weight is 481 g/mol. The van der Waals surface area contributed by atoms with Crippen LogP contribution < -0.4 is 10.0 Å². The second-order valence-corrected chi connectivity index (χ2v) is 9.70. The summed E-state index contributed by atoms with van der Waals surface area (Å²) in [6.07, 6.45) is 0.386. The normalized spacial score (nSPS) is 12.3. The van der Waals surface area contributed by atoms with E-state index in [1.165, 1.54) is 43.3 Å². The van der Waals surface area contributed by atoms with Gasteiger partial charge in [-0.15, -0.1) is 0 Å². The number of hydrogen-bond acceptors (Lipinski definition) is 6. The van der Waals surface area contributed by atoms with Gasteiger partial charge in [0.25, 0.3) is 0 Å². The summed E-state index contributed by atoms with van der Waals surface area (Å²) >= 11 is 5.75. The Kier molecular flexibility index (Phi) is 8.94. The number of benzene rings is 2. The van der Waals surface area contributed by atoms with Gasteiger partial charge in [-0.05, 0) is 61.4 Å². The van der Waals surface area contributed by atoms with E-state index in [2.05, 4.69) is 10.0 Å². The molecule has 10 heteroatoms. The molecule has 2 rings (SSSR count). The molecule has 0 aliphatic rings. The number of ketones is 1. The number of halogens is 1. The molecule has 8 nitrogen and oxygen atoms in total. The van der Waals surface area contributed by atoms with E-state index >= 15 is 0 Å². The number of rotatable bonds is 10. The van der Waals surface area contributed by atoms with Gasteiger partial charge in [0.2, 0.25) is 15.9 Å². The number of anilines is 1. The third kappa shape index (κ3) is 7.74. The van der Waals surface area contributed by atoms with Crippen molar-refractivity contribution in [1.82, 2.24) is 4.72 Å². The first-order chi connectivity index (χ1) is 15.0. The van der Waals surface area contributed by atoms with E-state index in [1.54, 1.807) is 12.1 Å². The van der Waals surface area contributed by atoms with E-state index in [4.69, 9.17) is 16.3 Å². The average Bonchev–Trinajstić information content (AvgIpc) is 2.71. The number of carbonyl (C=O) groups excluding carboxylic acids is 3. The van der Waals surface area contributed by atoms with Gasteiger partial charge in [0.05, 0.1) is 4.90 Å². The van der Waals surface area contributed by atoms with Gasteiger partial charge in [0.15, 0.2) is 12.4 Å². The Labute approximate surface area is 192 Å². The minimum absolute atomic E-state index is 0.0572. The van der Waals surface area contributed by atoms with E-state index in [0.29, 0.717) is 17.1 Å². The van der Waals surface area contributed by atoms with Crippen molar-refractivity contribution in [3.63, 3.8) is 0 Å². The molecule has 0 aliphatic heterocycles. The number of sulfonamides is 1. The van der Waals surface area contributed by atoms with Crippen molar-refractivity contribution in [3.05, 3.63) is 59.1 Å². The number of hydrogen-bond donors (Lipinski definition) is 2. The highest BCUT2D eigenvalue weighted by Crippen LogP contribution is 2.15. The molecule has 0 spiro atoms. The number of carbonyl (C=O) groups is 3. The predicted molar refractivity (Wildman–Crippen MR) is 121 cm³/mol. The third-order valence-electron chi connectivity index (χ3n) is 4.24. The second kappa shape index (κ2) is 11.2. The fourth-order valence-corrected chi connectivity index (χ4v) is 3.95. The molecule has 0 heterocycles. The van der Waals surface area contributed by atoms with Crippen LogP contribution >= 0.6 is 11.6 Å². The van der Waals surface area contributed by atoms with Crippen molar-refractivity contribution in [1.29, 1.82) is 0 Å². The molecule has 32 heavy (non-hydrogen) atoms. The smallest absolute Gasteiger partial charge is 0.324 e. The largest absolute Gasteiger partial charge is 0.456 e. The van der Waals surface area contributed by atoms with E-state index in [-0.39, 0.29) is 22.3 Å². The molecule has 0 aliphatic carbocycles. The molecule has 2 aromatic rings. The van der Waals surface area contributed by atoms with Crippen molar-refractivity contribution in [2.45, 2.75) is 38.1 Å². The first-order valence-corrected chi connectivity index (χ1v) is 11.7. The summed E-state index contributed by atoms with van der Waals surface area (Å²) in [7, 11) is -3.96. The van der Waals surface area contributed by atoms with Crippen molar-refractivity contribution in [2.75, 3.05) is 11.9 Å². The fraction of sp³-hybridized carbons (Fsp3) is 0.318. The maximum Gasteiger partial charge on any atom is 0.324 e. The minimum atomic E-state index is -3.96. The van der Waals surface area contributed by atoms with Gasteiger partial charge in [-0.3, -0.25) is 14.4 Å². The van der Waals surface area contributed by atoms with Crippen LogP contribution in [0.4, 0.5) is 5.69 Å². The zero-order valence-corrected chi connectivity index (χ0v) is 19.5. The molecule has 0 fully saturated rings. The first kappa shape index (κ1) is 25.5. The van der Waals surface area contributed by atoms with Gasteiger partial charge >= 0.3 is 5.97 Å². The molecular weight excluding hydrogens is 456 g/mol. The van der Waals surface area contributed by atoms with E-state index in [0.717, 1.165) is 0 Å². The molecule has 2 aromatic carbocycles. The molecule has 1 amide bonds. The number of amides is 1. The lowest BCUT2D eigenvalue weighted by Crippen LogP contribution is -2.40. The first-order valence-electron chi connectivity index (χ1n) is 9.85.